The van der Waals surface area contributed by atoms with Gasteiger partial charge in [-0.3, -0.25) is 14.4 Å². The standard InChI is InChI=1S/C22H28N2O5S/c25-19(17-13-8-9-14(29-13)18(17)22(27)28)23-20-16(12-6-2-3-7-15(12)30-20)21(26)24-10-4-1-5-11-24/h13-14,17-18H,1-11H2,(H,23,25)(H,27,28)/t13-,14-,17+,18-/m1/s1. The zero-order valence-electron chi connectivity index (χ0n) is 17.0. The number of likely N-dealkylation sites (tertiary alicyclic amines) is 1. The van der Waals surface area contributed by atoms with Crippen LogP contribution >= 0.6 is 11.3 Å². The van der Waals surface area contributed by atoms with E-state index in [0.717, 1.165) is 63.6 Å². The molecule has 3 saturated heterocycles. The van der Waals surface area contributed by atoms with Crippen molar-refractivity contribution in [3.8, 4) is 0 Å². The monoisotopic (exact) mass is 432 g/mol. The molecule has 162 valence electrons. The van der Waals surface area contributed by atoms with Crippen molar-refractivity contribution in [1.82, 2.24) is 4.90 Å². The summed E-state index contributed by atoms with van der Waals surface area (Å²) in [4.78, 5) is 41.5. The van der Waals surface area contributed by atoms with Crippen molar-refractivity contribution >= 4 is 34.1 Å². The van der Waals surface area contributed by atoms with Gasteiger partial charge in [0.1, 0.15) is 5.00 Å². The molecule has 2 N–H and O–H groups in total. The highest BCUT2D eigenvalue weighted by atomic mass is 32.1. The molecule has 0 saturated carbocycles. The number of piperidine rings is 1. The average molecular weight is 433 g/mol. The molecule has 4 heterocycles. The topological polar surface area (TPSA) is 95.9 Å². The Hall–Kier alpha value is -1.93. The van der Waals surface area contributed by atoms with Gasteiger partial charge in [-0.2, -0.15) is 0 Å². The van der Waals surface area contributed by atoms with Crippen molar-refractivity contribution in [2.75, 3.05) is 18.4 Å². The smallest absolute Gasteiger partial charge is 0.310 e. The average Bonchev–Trinajstić information content (AvgIpc) is 3.46. The molecule has 2 amide bonds. The van der Waals surface area contributed by atoms with Gasteiger partial charge in [-0.1, -0.05) is 0 Å². The van der Waals surface area contributed by atoms with Gasteiger partial charge in [0.05, 0.1) is 29.6 Å². The zero-order valence-corrected chi connectivity index (χ0v) is 17.8. The van der Waals surface area contributed by atoms with Gasteiger partial charge in [0.2, 0.25) is 5.91 Å². The van der Waals surface area contributed by atoms with Gasteiger partial charge in [0, 0.05) is 18.0 Å². The number of nitrogens with one attached hydrogen (secondary N) is 1. The summed E-state index contributed by atoms with van der Waals surface area (Å²) in [7, 11) is 0. The van der Waals surface area contributed by atoms with Crippen molar-refractivity contribution in [2.24, 2.45) is 11.8 Å². The number of anilines is 1. The third-order valence-corrected chi connectivity index (χ3v) is 8.33. The van der Waals surface area contributed by atoms with E-state index in [0.29, 0.717) is 23.4 Å². The fourth-order valence-corrected chi connectivity index (χ4v) is 6.94. The summed E-state index contributed by atoms with van der Waals surface area (Å²) in [5, 5.41) is 13.2. The zero-order chi connectivity index (χ0) is 20.8. The normalized spacial score (nSPS) is 30.2. The maximum atomic E-state index is 13.4. The van der Waals surface area contributed by atoms with E-state index >= 15 is 0 Å². The fraction of sp³-hybridized carbons (Fsp3) is 0.682. The van der Waals surface area contributed by atoms with Crippen LogP contribution in [0.4, 0.5) is 5.00 Å². The Balaban J connectivity index is 1.44. The Bertz CT molecular complexity index is 875. The summed E-state index contributed by atoms with van der Waals surface area (Å²) in [5.41, 5.74) is 1.75. The predicted molar refractivity (Wildman–Crippen MR) is 112 cm³/mol. The Morgan fingerprint density at radius 3 is 2.40 bits per heavy atom. The second kappa shape index (κ2) is 7.96. The highest BCUT2D eigenvalue weighted by Gasteiger charge is 2.55. The first-order chi connectivity index (χ1) is 14.5. The molecule has 1 aliphatic carbocycles. The predicted octanol–water partition coefficient (Wildman–Crippen LogP) is 3.07. The number of carboxylic acid groups (broad SMARTS) is 1. The lowest BCUT2D eigenvalue weighted by atomic mass is 9.78. The number of amides is 2. The van der Waals surface area contributed by atoms with Crippen LogP contribution in [0.25, 0.3) is 0 Å². The molecule has 5 rings (SSSR count). The largest absolute Gasteiger partial charge is 0.481 e. The molecule has 4 atom stereocenters. The molecule has 1 aromatic heterocycles. The summed E-state index contributed by atoms with van der Waals surface area (Å²) < 4.78 is 5.76. The number of hydrogen-bond acceptors (Lipinski definition) is 5. The number of aryl methyl sites for hydroxylation is 1. The van der Waals surface area contributed by atoms with Crippen LogP contribution in [0, 0.1) is 11.8 Å². The number of fused-ring (bicyclic) bond motifs is 3. The molecular weight excluding hydrogens is 404 g/mol. The van der Waals surface area contributed by atoms with Gasteiger partial charge in [0.15, 0.2) is 0 Å². The van der Waals surface area contributed by atoms with E-state index in [2.05, 4.69) is 5.32 Å². The number of carbonyl (C=O) groups is 3. The number of ether oxygens (including phenoxy) is 1. The van der Waals surface area contributed by atoms with Crippen LogP contribution in [-0.4, -0.2) is 53.1 Å². The van der Waals surface area contributed by atoms with Gasteiger partial charge in [-0.05, 0) is 63.4 Å². The number of aliphatic carboxylic acids is 1. The number of carbonyl (C=O) groups excluding carboxylic acids is 2. The molecule has 30 heavy (non-hydrogen) atoms. The van der Waals surface area contributed by atoms with Crippen molar-refractivity contribution in [3.63, 3.8) is 0 Å². The Labute approximate surface area is 179 Å². The van der Waals surface area contributed by atoms with E-state index in [1.54, 1.807) is 0 Å². The highest BCUT2D eigenvalue weighted by molar-refractivity contribution is 7.17. The minimum Gasteiger partial charge on any atom is -0.481 e. The fourth-order valence-electron chi connectivity index (χ4n) is 5.66. The van der Waals surface area contributed by atoms with Crippen LogP contribution in [0.1, 0.15) is 65.7 Å². The van der Waals surface area contributed by atoms with Crippen LogP contribution in [0.15, 0.2) is 0 Å². The highest BCUT2D eigenvalue weighted by Crippen LogP contribution is 2.45. The van der Waals surface area contributed by atoms with Gasteiger partial charge in [-0.25, -0.2) is 0 Å². The quantitative estimate of drug-likeness (QED) is 0.762. The molecule has 2 bridgehead atoms. The van der Waals surface area contributed by atoms with Gasteiger partial charge in [-0.15, -0.1) is 11.3 Å². The van der Waals surface area contributed by atoms with Crippen LogP contribution < -0.4 is 5.32 Å². The molecule has 4 aliphatic rings. The molecule has 0 unspecified atom stereocenters. The van der Waals surface area contributed by atoms with Crippen molar-refractivity contribution in [1.29, 1.82) is 0 Å². The molecule has 7 nitrogen and oxygen atoms in total. The van der Waals surface area contributed by atoms with E-state index in [-0.39, 0.29) is 24.0 Å². The molecular formula is C22H28N2O5S. The Morgan fingerprint density at radius 1 is 0.967 bits per heavy atom. The molecule has 3 fully saturated rings. The number of carboxylic acids is 1. The molecule has 8 heteroatoms. The molecule has 1 aromatic rings. The van der Waals surface area contributed by atoms with Crippen LogP contribution in [0.5, 0.6) is 0 Å². The van der Waals surface area contributed by atoms with Crippen molar-refractivity contribution < 1.29 is 24.2 Å². The van der Waals surface area contributed by atoms with Crippen molar-refractivity contribution in [3.05, 3.63) is 16.0 Å². The molecule has 0 radical (unpaired) electrons. The summed E-state index contributed by atoms with van der Waals surface area (Å²) >= 11 is 1.50. The van der Waals surface area contributed by atoms with Crippen LogP contribution in [0.3, 0.4) is 0 Å². The lowest BCUT2D eigenvalue weighted by Gasteiger charge is -2.28. The summed E-state index contributed by atoms with van der Waals surface area (Å²) in [6.45, 7) is 1.52. The van der Waals surface area contributed by atoms with E-state index in [9.17, 15) is 19.5 Å². The maximum Gasteiger partial charge on any atom is 0.310 e. The van der Waals surface area contributed by atoms with E-state index in [1.807, 2.05) is 4.90 Å². The van der Waals surface area contributed by atoms with Crippen LogP contribution in [-0.2, 0) is 27.2 Å². The number of rotatable bonds is 4. The lowest BCUT2D eigenvalue weighted by Crippen LogP contribution is -2.41. The van der Waals surface area contributed by atoms with Gasteiger partial charge >= 0.3 is 5.97 Å². The van der Waals surface area contributed by atoms with Crippen molar-refractivity contribution in [2.45, 2.75) is 70.0 Å². The molecule has 0 spiro atoms. The maximum absolute atomic E-state index is 13.4. The third-order valence-electron chi connectivity index (χ3n) is 7.13. The van der Waals surface area contributed by atoms with E-state index in [4.69, 9.17) is 4.74 Å². The minimum absolute atomic E-state index is 0.0170. The van der Waals surface area contributed by atoms with E-state index < -0.39 is 17.8 Å². The Kier molecular flexibility index (Phi) is 5.31. The SMILES string of the molecule is O=C(Nc1sc2c(c1C(=O)N1CCCCC1)CCCC2)[C@@H]1[C@H](C(=O)O)[C@H]2CC[C@H]1O2. The first-order valence-electron chi connectivity index (χ1n) is 11.2. The summed E-state index contributed by atoms with van der Waals surface area (Å²) in [6.07, 6.45) is 7.82. The molecule has 0 aromatic carbocycles. The second-order valence-electron chi connectivity index (χ2n) is 8.94. The van der Waals surface area contributed by atoms with Crippen LogP contribution in [0.2, 0.25) is 0 Å². The lowest BCUT2D eigenvalue weighted by molar-refractivity contribution is -0.147. The number of hydrogen-bond donors (Lipinski definition) is 2. The van der Waals surface area contributed by atoms with Gasteiger partial charge < -0.3 is 20.1 Å². The van der Waals surface area contributed by atoms with Gasteiger partial charge in [0.25, 0.3) is 5.91 Å². The number of nitrogens with zero attached hydrogens (tertiary/aromatic N) is 1. The molecule has 3 aliphatic heterocycles. The third kappa shape index (κ3) is 3.34. The number of thiophene rings is 1. The minimum atomic E-state index is -0.975. The Morgan fingerprint density at radius 2 is 1.67 bits per heavy atom. The first kappa shape index (κ1) is 20.0. The summed E-state index contributed by atoms with van der Waals surface area (Å²) in [5.74, 6) is -2.78. The van der Waals surface area contributed by atoms with E-state index in [1.165, 1.54) is 16.2 Å². The summed E-state index contributed by atoms with van der Waals surface area (Å²) in [6, 6.07) is 0. The second-order valence-corrected chi connectivity index (χ2v) is 10.0. The first-order valence-corrected chi connectivity index (χ1v) is 12.0.